The van der Waals surface area contributed by atoms with Crippen LogP contribution in [0.1, 0.15) is 11.1 Å². The van der Waals surface area contributed by atoms with E-state index in [1.165, 1.54) is 4.90 Å². The van der Waals surface area contributed by atoms with E-state index in [9.17, 15) is 9.59 Å². The molecule has 1 saturated heterocycles. The van der Waals surface area contributed by atoms with Crippen molar-refractivity contribution < 1.29 is 14.3 Å². The van der Waals surface area contributed by atoms with E-state index in [1.54, 1.807) is 12.1 Å². The Balaban J connectivity index is 1.57. The number of amides is 2. The monoisotopic (exact) mass is 477 g/mol. The molecule has 0 spiro atoms. The minimum absolute atomic E-state index is 0.172. The van der Waals surface area contributed by atoms with E-state index < -0.39 is 0 Å². The number of halogens is 1. The first kappa shape index (κ1) is 20.3. The summed E-state index contributed by atoms with van der Waals surface area (Å²) < 4.78 is 6.15. The minimum atomic E-state index is -0.290. The summed E-state index contributed by atoms with van der Waals surface area (Å²) in [4.78, 5) is 27.1. The van der Waals surface area contributed by atoms with Gasteiger partial charge in [0.1, 0.15) is 12.4 Å². The minimum Gasteiger partial charge on any atom is -0.480 e. The molecule has 0 aliphatic carbocycles. The lowest BCUT2D eigenvalue weighted by atomic mass is 10.0. The topological polar surface area (TPSA) is 46.6 Å². The van der Waals surface area contributed by atoms with Gasteiger partial charge in [0.05, 0.1) is 15.9 Å². The molecule has 0 aromatic heterocycles. The molecule has 2 amide bonds. The number of hydrogen-bond donors (Lipinski definition) is 0. The van der Waals surface area contributed by atoms with Gasteiger partial charge in [0, 0.05) is 0 Å². The maximum Gasteiger partial charge on any atom is 0.293 e. The second-order valence-electron chi connectivity index (χ2n) is 6.59. The fraction of sp³-hybridized carbons (Fsp3) is 0.0833. The zero-order chi connectivity index (χ0) is 21.1. The number of carbonyl (C=O) groups is 2. The van der Waals surface area contributed by atoms with E-state index in [-0.39, 0.29) is 24.3 Å². The number of rotatable bonds is 5. The quantitative estimate of drug-likeness (QED) is 0.341. The molecular weight excluding hydrogens is 462 g/mol. The number of benzene rings is 3. The molecule has 30 heavy (non-hydrogen) atoms. The first-order chi connectivity index (χ1) is 14.6. The fourth-order valence-corrected chi connectivity index (χ4v) is 4.58. The van der Waals surface area contributed by atoms with Crippen LogP contribution in [0.25, 0.3) is 16.8 Å². The number of nitrogens with zero attached hydrogens (tertiary/aromatic N) is 1. The predicted molar refractivity (Wildman–Crippen MR) is 124 cm³/mol. The molecule has 3 aromatic rings. The van der Waals surface area contributed by atoms with Crippen molar-refractivity contribution in [3.8, 4) is 18.1 Å². The highest BCUT2D eigenvalue weighted by Crippen LogP contribution is 2.35. The number of hydrogen-bond acceptors (Lipinski definition) is 4. The molecule has 1 heterocycles. The van der Waals surface area contributed by atoms with Gasteiger partial charge in [0.2, 0.25) is 0 Å². The summed E-state index contributed by atoms with van der Waals surface area (Å²) in [6.45, 7) is 0.414. The number of fused-ring (bicyclic) bond motifs is 1. The molecule has 0 unspecified atom stereocenters. The van der Waals surface area contributed by atoms with Crippen LogP contribution in [0.5, 0.6) is 5.75 Å². The van der Waals surface area contributed by atoms with E-state index in [0.717, 1.165) is 38.1 Å². The molecule has 1 aliphatic heterocycles. The second kappa shape index (κ2) is 8.78. The van der Waals surface area contributed by atoms with E-state index in [2.05, 4.69) is 21.9 Å². The molecule has 148 valence electrons. The first-order valence-corrected chi connectivity index (χ1v) is 10.8. The number of terminal acetylenes is 1. The first-order valence-electron chi connectivity index (χ1n) is 9.14. The van der Waals surface area contributed by atoms with Crippen molar-refractivity contribution in [1.82, 2.24) is 4.90 Å². The number of thioether (sulfide) groups is 1. The van der Waals surface area contributed by atoms with E-state index >= 15 is 0 Å². The molecule has 1 aliphatic rings. The van der Waals surface area contributed by atoms with Crippen LogP contribution < -0.4 is 4.74 Å². The van der Waals surface area contributed by atoms with Crippen molar-refractivity contribution in [2.24, 2.45) is 0 Å². The highest BCUT2D eigenvalue weighted by Gasteiger charge is 2.35. The van der Waals surface area contributed by atoms with Gasteiger partial charge in [0.15, 0.2) is 0 Å². The summed E-state index contributed by atoms with van der Waals surface area (Å²) in [6, 6.07) is 19.2. The molecule has 4 rings (SSSR count). The third kappa shape index (κ3) is 4.13. The predicted octanol–water partition coefficient (Wildman–Crippen LogP) is 5.85. The van der Waals surface area contributed by atoms with Gasteiger partial charge < -0.3 is 4.74 Å². The summed E-state index contributed by atoms with van der Waals surface area (Å²) >= 11 is 4.39. The summed E-state index contributed by atoms with van der Waals surface area (Å²) in [5, 5.41) is 1.84. The van der Waals surface area contributed by atoms with Crippen molar-refractivity contribution in [2.45, 2.75) is 6.54 Å². The summed E-state index contributed by atoms with van der Waals surface area (Å²) in [6.07, 6.45) is 6.93. The van der Waals surface area contributed by atoms with E-state index in [0.29, 0.717) is 10.7 Å². The molecule has 1 fully saturated rings. The fourth-order valence-electron chi connectivity index (χ4n) is 3.23. The van der Waals surface area contributed by atoms with Crippen molar-refractivity contribution in [1.29, 1.82) is 0 Å². The Morgan fingerprint density at radius 2 is 1.90 bits per heavy atom. The number of imide groups is 1. The lowest BCUT2D eigenvalue weighted by Gasteiger charge is -2.14. The van der Waals surface area contributed by atoms with Crippen LogP contribution in [0.15, 0.2) is 70.0 Å². The van der Waals surface area contributed by atoms with Gasteiger partial charge in [0.25, 0.3) is 11.1 Å². The Kier molecular flexibility index (Phi) is 5.93. The van der Waals surface area contributed by atoms with Gasteiger partial charge >= 0.3 is 0 Å². The van der Waals surface area contributed by atoms with Crippen molar-refractivity contribution in [2.75, 3.05) is 6.61 Å². The van der Waals surface area contributed by atoms with Crippen LogP contribution in [0.2, 0.25) is 0 Å². The molecule has 3 aromatic carbocycles. The molecule has 0 N–H and O–H groups in total. The van der Waals surface area contributed by atoms with Gasteiger partial charge in [-0.2, -0.15) is 0 Å². The average molecular weight is 478 g/mol. The maximum atomic E-state index is 12.9. The van der Waals surface area contributed by atoms with Crippen LogP contribution in [0, 0.1) is 12.3 Å². The van der Waals surface area contributed by atoms with Crippen LogP contribution >= 0.6 is 27.7 Å². The average Bonchev–Trinajstić information content (AvgIpc) is 3.01. The Labute approximate surface area is 187 Å². The number of carbonyl (C=O) groups excluding carboxylic acids is 2. The van der Waals surface area contributed by atoms with Gasteiger partial charge in [-0.25, -0.2) is 0 Å². The molecule has 0 radical (unpaired) electrons. The van der Waals surface area contributed by atoms with Crippen molar-refractivity contribution in [3.63, 3.8) is 0 Å². The van der Waals surface area contributed by atoms with Crippen LogP contribution in [0.3, 0.4) is 0 Å². The summed E-state index contributed by atoms with van der Waals surface area (Å²) in [5.41, 5.74) is 1.72. The highest BCUT2D eigenvalue weighted by molar-refractivity contribution is 9.10. The van der Waals surface area contributed by atoms with Crippen LogP contribution in [-0.4, -0.2) is 22.7 Å². The van der Waals surface area contributed by atoms with Crippen LogP contribution in [-0.2, 0) is 11.3 Å². The van der Waals surface area contributed by atoms with Crippen molar-refractivity contribution in [3.05, 3.63) is 81.2 Å². The van der Waals surface area contributed by atoms with Gasteiger partial charge in [-0.3, -0.25) is 14.5 Å². The van der Waals surface area contributed by atoms with E-state index in [4.69, 9.17) is 11.2 Å². The zero-order valence-corrected chi connectivity index (χ0v) is 18.2. The molecular formula is C24H16BrNO3S. The maximum absolute atomic E-state index is 12.9. The van der Waals surface area contributed by atoms with Crippen LogP contribution in [0.4, 0.5) is 4.79 Å². The van der Waals surface area contributed by atoms with Gasteiger partial charge in [-0.15, -0.1) is 6.42 Å². The third-order valence-electron chi connectivity index (χ3n) is 4.65. The molecule has 0 saturated carbocycles. The molecule has 4 nitrogen and oxygen atoms in total. The lowest BCUT2D eigenvalue weighted by Crippen LogP contribution is -2.27. The Morgan fingerprint density at radius 1 is 1.10 bits per heavy atom. The smallest absolute Gasteiger partial charge is 0.293 e. The zero-order valence-electron chi connectivity index (χ0n) is 15.8. The number of ether oxygens (including phenoxy) is 1. The second-order valence-corrected chi connectivity index (χ2v) is 8.44. The summed E-state index contributed by atoms with van der Waals surface area (Å²) in [5.74, 6) is 2.75. The third-order valence-corrected chi connectivity index (χ3v) is 6.17. The van der Waals surface area contributed by atoms with E-state index in [1.807, 2.05) is 54.6 Å². The van der Waals surface area contributed by atoms with Gasteiger partial charge in [-0.1, -0.05) is 54.5 Å². The Hall–Kier alpha value is -3.01. The molecule has 0 bridgehead atoms. The Morgan fingerprint density at radius 3 is 2.70 bits per heavy atom. The SMILES string of the molecule is C#CCOc1ccc(/C=C2/SC(=O)N(Cc3cccc4ccccc34)C2=O)cc1Br. The highest BCUT2D eigenvalue weighted by atomic mass is 79.9. The standard InChI is InChI=1S/C24H16BrNO3S/c1-2-12-29-21-11-10-16(13-20(21)25)14-22-23(27)26(24(28)30-22)15-18-8-5-7-17-6-3-4-9-19(17)18/h1,3-11,13-14H,12,15H2/b22-14+. The van der Waals surface area contributed by atoms with Crippen molar-refractivity contribution >= 4 is 55.7 Å². The Bertz CT molecular complexity index is 1220. The lowest BCUT2D eigenvalue weighted by molar-refractivity contribution is -0.123. The normalized spacial score (nSPS) is 15.1. The molecule has 0 atom stereocenters. The van der Waals surface area contributed by atoms with Gasteiger partial charge in [-0.05, 0) is 67.8 Å². The largest absolute Gasteiger partial charge is 0.480 e. The molecule has 6 heteroatoms. The summed E-state index contributed by atoms with van der Waals surface area (Å²) in [7, 11) is 0.